The summed E-state index contributed by atoms with van der Waals surface area (Å²) in [6.07, 6.45) is 1.77. The maximum Gasteiger partial charge on any atom is 0.323 e. The minimum absolute atomic E-state index is 0.0435. The maximum absolute atomic E-state index is 13.4. The van der Waals surface area contributed by atoms with E-state index in [-0.39, 0.29) is 23.2 Å². The summed E-state index contributed by atoms with van der Waals surface area (Å²) in [6.45, 7) is 10.9. The lowest BCUT2D eigenvalue weighted by Gasteiger charge is -2.57. The molecule has 1 aliphatic heterocycles. The van der Waals surface area contributed by atoms with Crippen molar-refractivity contribution >= 4 is 54.8 Å². The average Bonchev–Trinajstić information content (AvgIpc) is 3.33. The van der Waals surface area contributed by atoms with Gasteiger partial charge in [0.05, 0.1) is 11.5 Å². The van der Waals surface area contributed by atoms with Crippen molar-refractivity contribution in [3.8, 4) is 0 Å². The van der Waals surface area contributed by atoms with E-state index < -0.39 is 35.8 Å². The quantitative estimate of drug-likeness (QED) is 0.0930. The molecule has 12 heteroatoms. The lowest BCUT2D eigenvalue weighted by Crippen LogP contribution is -2.79. The summed E-state index contributed by atoms with van der Waals surface area (Å²) in [7, 11) is -2.12. The Hall–Kier alpha value is -2.70. The monoisotopic (exact) mass is 549 g/mol. The Morgan fingerprint density at radius 1 is 1.28 bits per heavy atom. The van der Waals surface area contributed by atoms with Crippen molar-refractivity contribution in [2.45, 2.75) is 56.3 Å². The molecule has 1 aromatic carbocycles. The number of ether oxygens (including phenoxy) is 1. The number of carbonyl (C=O) groups is 3. The molecule has 3 rings (SSSR count). The first-order valence-electron chi connectivity index (χ1n) is 11.3. The molecule has 1 aliphatic rings. The van der Waals surface area contributed by atoms with Crippen molar-refractivity contribution in [1.29, 1.82) is 0 Å². The number of rotatable bonds is 9. The van der Waals surface area contributed by atoms with Gasteiger partial charge in [-0.3, -0.25) is 24.5 Å². The van der Waals surface area contributed by atoms with E-state index in [4.69, 9.17) is 4.74 Å². The number of thiophene rings is 1. The van der Waals surface area contributed by atoms with Crippen molar-refractivity contribution in [2.24, 2.45) is 0 Å². The SMILES string of the molecule is CSC1(NC(=O)C(C(=O)OCc2ccc([N+](=O)[O-])cc2)c2ccsc2)CN([Si](C)(C)C(C)(C)C)C1=O. The average molecular weight is 550 g/mol. The second-order valence-corrected chi connectivity index (χ2v) is 17.3. The number of nitrogens with one attached hydrogen (secondary N) is 1. The van der Waals surface area contributed by atoms with Gasteiger partial charge in [-0.1, -0.05) is 33.9 Å². The fourth-order valence-corrected chi connectivity index (χ4v) is 7.47. The molecule has 0 bridgehead atoms. The number of non-ortho nitro benzene ring substituents is 1. The number of nitrogens with zero attached hydrogens (tertiary/aromatic N) is 2. The summed E-state index contributed by atoms with van der Waals surface area (Å²) < 4.78 is 7.32. The van der Waals surface area contributed by atoms with Gasteiger partial charge < -0.3 is 14.6 Å². The van der Waals surface area contributed by atoms with E-state index in [2.05, 4.69) is 39.2 Å². The Kier molecular flexibility index (Phi) is 8.01. The van der Waals surface area contributed by atoms with Gasteiger partial charge in [-0.2, -0.15) is 11.3 Å². The topological polar surface area (TPSA) is 119 Å². The Labute approximate surface area is 219 Å². The molecule has 0 radical (unpaired) electrons. The molecule has 1 fully saturated rings. The van der Waals surface area contributed by atoms with Crippen LogP contribution < -0.4 is 5.32 Å². The van der Waals surface area contributed by atoms with Gasteiger partial charge in [0.2, 0.25) is 5.91 Å². The summed E-state index contributed by atoms with van der Waals surface area (Å²) >= 11 is 2.61. The van der Waals surface area contributed by atoms with Crippen LogP contribution in [0.5, 0.6) is 0 Å². The molecule has 2 heterocycles. The van der Waals surface area contributed by atoms with Crippen LogP contribution in [0.25, 0.3) is 0 Å². The van der Waals surface area contributed by atoms with Gasteiger partial charge in [-0.15, -0.1) is 11.8 Å². The van der Waals surface area contributed by atoms with Crippen molar-refractivity contribution < 1.29 is 24.0 Å². The molecule has 2 aromatic rings. The molecule has 36 heavy (non-hydrogen) atoms. The lowest BCUT2D eigenvalue weighted by atomic mass is 10.00. The molecule has 9 nitrogen and oxygen atoms in total. The molecule has 2 amide bonds. The van der Waals surface area contributed by atoms with E-state index in [1.165, 1.54) is 47.4 Å². The standard InChI is InChI=1S/C24H31N3O6S2Si/c1-23(2,3)36(5,6)26-15-24(34-4,22(26)30)25-20(28)19(17-11-12-35-14-17)21(29)33-13-16-7-9-18(10-8-16)27(31)32/h7-12,14,19H,13,15H2,1-6H3,(H,25,28). The number of thioether (sulfide) groups is 1. The first kappa shape index (κ1) is 27.9. The predicted octanol–water partition coefficient (Wildman–Crippen LogP) is 4.51. The largest absolute Gasteiger partial charge is 0.460 e. The van der Waals surface area contributed by atoms with Crippen molar-refractivity contribution in [3.05, 3.63) is 62.3 Å². The number of β-lactam (4-membered cyclic amide) rings is 1. The number of hydrogen-bond acceptors (Lipinski definition) is 8. The summed E-state index contributed by atoms with van der Waals surface area (Å²) in [5.41, 5.74) is 0.966. The highest BCUT2D eigenvalue weighted by Crippen LogP contribution is 2.45. The Balaban J connectivity index is 1.75. The molecule has 0 saturated carbocycles. The van der Waals surface area contributed by atoms with Crippen LogP contribution in [-0.4, -0.2) is 53.2 Å². The van der Waals surface area contributed by atoms with Crippen LogP contribution in [0.3, 0.4) is 0 Å². The molecular weight excluding hydrogens is 518 g/mol. The molecule has 1 saturated heterocycles. The molecule has 2 unspecified atom stereocenters. The Morgan fingerprint density at radius 2 is 1.92 bits per heavy atom. The van der Waals surface area contributed by atoms with Gasteiger partial charge in [0, 0.05) is 12.1 Å². The third-order valence-corrected chi connectivity index (χ3v) is 14.2. The van der Waals surface area contributed by atoms with E-state index in [0.29, 0.717) is 17.7 Å². The normalized spacial score (nSPS) is 18.8. The number of esters is 1. The van der Waals surface area contributed by atoms with Crippen LogP contribution in [-0.2, 0) is 25.7 Å². The molecule has 194 valence electrons. The van der Waals surface area contributed by atoms with Gasteiger partial charge in [0.25, 0.3) is 11.6 Å². The Morgan fingerprint density at radius 3 is 2.39 bits per heavy atom. The molecule has 0 spiro atoms. The summed E-state index contributed by atoms with van der Waals surface area (Å²) in [6, 6.07) is 7.32. The van der Waals surface area contributed by atoms with Crippen molar-refractivity contribution in [3.63, 3.8) is 0 Å². The van der Waals surface area contributed by atoms with Gasteiger partial charge in [-0.25, -0.2) is 0 Å². The van der Waals surface area contributed by atoms with E-state index in [1.807, 2.05) is 4.57 Å². The zero-order chi connectivity index (χ0) is 26.9. The third kappa shape index (κ3) is 5.35. The number of benzene rings is 1. The maximum atomic E-state index is 13.4. The summed E-state index contributed by atoms with van der Waals surface area (Å²) in [5, 5.41) is 17.1. The first-order valence-corrected chi connectivity index (χ1v) is 16.5. The first-order chi connectivity index (χ1) is 16.7. The highest BCUT2D eigenvalue weighted by atomic mass is 32.2. The zero-order valence-electron chi connectivity index (χ0n) is 21.2. The van der Waals surface area contributed by atoms with E-state index in [9.17, 15) is 24.5 Å². The Bertz CT molecular complexity index is 1150. The fourth-order valence-electron chi connectivity index (χ4n) is 3.70. The third-order valence-electron chi connectivity index (χ3n) is 7.06. The lowest BCUT2D eigenvalue weighted by molar-refractivity contribution is -0.384. The second kappa shape index (κ2) is 10.3. The smallest absolute Gasteiger partial charge is 0.323 e. The summed E-state index contributed by atoms with van der Waals surface area (Å²) in [5.74, 6) is -2.74. The van der Waals surface area contributed by atoms with Crippen LogP contribution >= 0.6 is 23.1 Å². The highest BCUT2D eigenvalue weighted by Gasteiger charge is 2.60. The van der Waals surface area contributed by atoms with Crippen LogP contribution in [0.15, 0.2) is 41.1 Å². The molecular formula is C24H31N3O6S2Si. The van der Waals surface area contributed by atoms with E-state index in [0.717, 1.165) is 0 Å². The van der Waals surface area contributed by atoms with Gasteiger partial charge in [-0.05, 0) is 51.4 Å². The van der Waals surface area contributed by atoms with E-state index >= 15 is 0 Å². The number of nitro benzene ring substituents is 1. The van der Waals surface area contributed by atoms with Crippen LogP contribution in [0, 0.1) is 10.1 Å². The highest BCUT2D eigenvalue weighted by molar-refractivity contribution is 8.00. The van der Waals surface area contributed by atoms with E-state index in [1.54, 1.807) is 23.1 Å². The zero-order valence-corrected chi connectivity index (χ0v) is 23.8. The molecule has 1 N–H and O–H groups in total. The minimum atomic E-state index is -2.12. The molecule has 2 atom stereocenters. The summed E-state index contributed by atoms with van der Waals surface area (Å²) in [4.78, 5) is 49.1. The number of carbonyl (C=O) groups excluding carboxylic acids is 3. The van der Waals surface area contributed by atoms with Crippen LogP contribution in [0.1, 0.15) is 37.8 Å². The predicted molar refractivity (Wildman–Crippen MR) is 143 cm³/mol. The van der Waals surface area contributed by atoms with Crippen molar-refractivity contribution in [2.75, 3.05) is 12.8 Å². The second-order valence-electron chi connectivity index (χ2n) is 10.2. The van der Waals surface area contributed by atoms with Gasteiger partial charge in [0.1, 0.15) is 6.61 Å². The molecule has 1 aromatic heterocycles. The van der Waals surface area contributed by atoms with Gasteiger partial charge >= 0.3 is 5.97 Å². The fraction of sp³-hybridized carbons (Fsp3) is 0.458. The minimum Gasteiger partial charge on any atom is -0.460 e. The van der Waals surface area contributed by atoms with Gasteiger partial charge in [0.15, 0.2) is 19.0 Å². The van der Waals surface area contributed by atoms with Crippen molar-refractivity contribution in [1.82, 2.24) is 9.88 Å². The number of nitro groups is 1. The van der Waals surface area contributed by atoms with Crippen LogP contribution in [0.4, 0.5) is 5.69 Å². The number of amides is 2. The van der Waals surface area contributed by atoms with Crippen LogP contribution in [0.2, 0.25) is 18.1 Å². The molecule has 0 aliphatic carbocycles. The number of hydrogen-bond donors (Lipinski definition) is 1.